The first-order valence-corrected chi connectivity index (χ1v) is 5.41. The van der Waals surface area contributed by atoms with E-state index in [0.717, 1.165) is 6.61 Å². The summed E-state index contributed by atoms with van der Waals surface area (Å²) in [4.78, 5) is 0. The Bertz CT molecular complexity index is 93.2. The van der Waals surface area contributed by atoms with Crippen molar-refractivity contribution in [1.29, 1.82) is 0 Å². The van der Waals surface area contributed by atoms with Gasteiger partial charge in [0.15, 0.2) is 0 Å². The Morgan fingerprint density at radius 2 is 2.00 bits per heavy atom. The van der Waals surface area contributed by atoms with Crippen LogP contribution in [-0.4, -0.2) is 12.2 Å². The number of rotatable bonds is 3. The highest BCUT2D eigenvalue weighted by molar-refractivity contribution is 4.79. The molecule has 0 saturated carbocycles. The van der Waals surface area contributed by atoms with Gasteiger partial charge in [0.1, 0.15) is 0 Å². The van der Waals surface area contributed by atoms with Gasteiger partial charge in [0.05, 0.1) is 5.60 Å². The SMILES string of the molecule is CC.CCCCC1(C)CCCO1. The summed E-state index contributed by atoms with van der Waals surface area (Å²) < 4.78 is 5.64. The van der Waals surface area contributed by atoms with Crippen molar-refractivity contribution in [1.82, 2.24) is 0 Å². The van der Waals surface area contributed by atoms with Gasteiger partial charge >= 0.3 is 0 Å². The molecular formula is C11H24O. The minimum absolute atomic E-state index is 0.246. The Morgan fingerprint density at radius 3 is 2.42 bits per heavy atom. The molecule has 0 radical (unpaired) electrons. The van der Waals surface area contributed by atoms with Gasteiger partial charge in [-0.05, 0) is 26.2 Å². The molecule has 0 spiro atoms. The van der Waals surface area contributed by atoms with E-state index in [1.165, 1.54) is 32.1 Å². The summed E-state index contributed by atoms with van der Waals surface area (Å²) in [6.45, 7) is 9.47. The molecule has 1 heterocycles. The van der Waals surface area contributed by atoms with Crippen LogP contribution in [0.1, 0.15) is 59.8 Å². The molecule has 1 rings (SSSR count). The molecule has 1 nitrogen and oxygen atoms in total. The molecule has 0 aromatic heterocycles. The summed E-state index contributed by atoms with van der Waals surface area (Å²) in [6.07, 6.45) is 6.40. The molecule has 0 bridgehead atoms. The summed E-state index contributed by atoms with van der Waals surface area (Å²) in [5, 5.41) is 0. The standard InChI is InChI=1S/C9H18O.C2H6/c1-3-4-6-9(2)7-5-8-10-9;1-2/h3-8H2,1-2H3;1-2H3. The summed E-state index contributed by atoms with van der Waals surface area (Å²) in [5.74, 6) is 0. The highest BCUT2D eigenvalue weighted by atomic mass is 16.5. The molecule has 1 heteroatoms. The van der Waals surface area contributed by atoms with Crippen LogP contribution in [0.25, 0.3) is 0 Å². The van der Waals surface area contributed by atoms with Crippen molar-refractivity contribution in [2.75, 3.05) is 6.61 Å². The molecule has 0 aliphatic carbocycles. The lowest BCUT2D eigenvalue weighted by molar-refractivity contribution is 0.0117. The molecule has 0 amide bonds. The predicted molar refractivity (Wildman–Crippen MR) is 54.5 cm³/mol. The van der Waals surface area contributed by atoms with Crippen LogP contribution in [-0.2, 0) is 4.74 Å². The van der Waals surface area contributed by atoms with E-state index in [-0.39, 0.29) is 5.60 Å². The molecule has 0 N–H and O–H groups in total. The van der Waals surface area contributed by atoms with Crippen LogP contribution in [0.2, 0.25) is 0 Å². The minimum atomic E-state index is 0.246. The number of unbranched alkanes of at least 4 members (excludes halogenated alkanes) is 1. The summed E-state index contributed by atoms with van der Waals surface area (Å²) in [7, 11) is 0. The van der Waals surface area contributed by atoms with E-state index in [4.69, 9.17) is 4.74 Å². The van der Waals surface area contributed by atoms with Crippen molar-refractivity contribution in [3.8, 4) is 0 Å². The van der Waals surface area contributed by atoms with E-state index in [0.29, 0.717) is 0 Å². The van der Waals surface area contributed by atoms with Crippen LogP contribution < -0.4 is 0 Å². The van der Waals surface area contributed by atoms with Gasteiger partial charge in [-0.3, -0.25) is 0 Å². The Kier molecular flexibility index (Phi) is 6.45. The van der Waals surface area contributed by atoms with E-state index in [2.05, 4.69) is 13.8 Å². The molecule has 74 valence electrons. The van der Waals surface area contributed by atoms with Crippen LogP contribution in [0, 0.1) is 0 Å². The third-order valence-corrected chi connectivity index (χ3v) is 2.36. The zero-order valence-electron chi connectivity index (χ0n) is 9.15. The molecular weight excluding hydrogens is 148 g/mol. The van der Waals surface area contributed by atoms with Crippen LogP contribution in [0.3, 0.4) is 0 Å². The second-order valence-electron chi connectivity index (χ2n) is 3.51. The van der Waals surface area contributed by atoms with Crippen LogP contribution in [0.15, 0.2) is 0 Å². The van der Waals surface area contributed by atoms with Crippen LogP contribution in [0.5, 0.6) is 0 Å². The fourth-order valence-electron chi connectivity index (χ4n) is 1.58. The fraction of sp³-hybridized carbons (Fsp3) is 1.00. The molecule has 1 aliphatic heterocycles. The molecule has 12 heavy (non-hydrogen) atoms. The average Bonchev–Trinajstić information content (AvgIpc) is 2.53. The first-order valence-electron chi connectivity index (χ1n) is 5.41. The maximum Gasteiger partial charge on any atom is 0.0655 e. The number of hydrogen-bond donors (Lipinski definition) is 0. The molecule has 1 aliphatic rings. The lowest BCUT2D eigenvalue weighted by Gasteiger charge is -2.22. The van der Waals surface area contributed by atoms with Crippen molar-refractivity contribution in [2.45, 2.75) is 65.4 Å². The second kappa shape index (κ2) is 6.47. The maximum absolute atomic E-state index is 5.64. The van der Waals surface area contributed by atoms with E-state index in [9.17, 15) is 0 Å². The monoisotopic (exact) mass is 172 g/mol. The van der Waals surface area contributed by atoms with Gasteiger partial charge in [-0.15, -0.1) is 0 Å². The van der Waals surface area contributed by atoms with Gasteiger partial charge in [-0.25, -0.2) is 0 Å². The topological polar surface area (TPSA) is 9.23 Å². The van der Waals surface area contributed by atoms with Gasteiger partial charge in [-0.2, -0.15) is 0 Å². The van der Waals surface area contributed by atoms with Crippen LogP contribution in [0.4, 0.5) is 0 Å². The Labute approximate surface area is 77.5 Å². The Morgan fingerprint density at radius 1 is 1.33 bits per heavy atom. The largest absolute Gasteiger partial charge is 0.375 e. The summed E-state index contributed by atoms with van der Waals surface area (Å²) >= 11 is 0. The van der Waals surface area contributed by atoms with Gasteiger partial charge in [0, 0.05) is 6.61 Å². The third-order valence-electron chi connectivity index (χ3n) is 2.36. The van der Waals surface area contributed by atoms with Gasteiger partial charge in [0.25, 0.3) is 0 Å². The second-order valence-corrected chi connectivity index (χ2v) is 3.51. The quantitative estimate of drug-likeness (QED) is 0.629. The maximum atomic E-state index is 5.64. The summed E-state index contributed by atoms with van der Waals surface area (Å²) in [6, 6.07) is 0. The van der Waals surface area contributed by atoms with Gasteiger partial charge in [0.2, 0.25) is 0 Å². The van der Waals surface area contributed by atoms with Gasteiger partial charge in [-0.1, -0.05) is 33.6 Å². The van der Waals surface area contributed by atoms with Crippen LogP contribution >= 0.6 is 0 Å². The van der Waals surface area contributed by atoms with E-state index < -0.39 is 0 Å². The normalized spacial score (nSPS) is 28.0. The van der Waals surface area contributed by atoms with Crippen molar-refractivity contribution >= 4 is 0 Å². The zero-order chi connectivity index (χ0) is 9.45. The molecule has 1 unspecified atom stereocenters. The fourth-order valence-corrected chi connectivity index (χ4v) is 1.58. The molecule has 1 saturated heterocycles. The van der Waals surface area contributed by atoms with Crippen molar-refractivity contribution in [3.05, 3.63) is 0 Å². The average molecular weight is 172 g/mol. The predicted octanol–water partition coefficient (Wildman–Crippen LogP) is 3.77. The number of hydrogen-bond acceptors (Lipinski definition) is 1. The zero-order valence-corrected chi connectivity index (χ0v) is 9.15. The molecule has 1 fully saturated rings. The molecule has 1 atom stereocenters. The van der Waals surface area contributed by atoms with Crippen molar-refractivity contribution < 1.29 is 4.74 Å². The summed E-state index contributed by atoms with van der Waals surface area (Å²) in [5.41, 5.74) is 0.246. The van der Waals surface area contributed by atoms with Crippen molar-refractivity contribution in [2.24, 2.45) is 0 Å². The van der Waals surface area contributed by atoms with Gasteiger partial charge < -0.3 is 4.74 Å². The number of ether oxygens (including phenoxy) is 1. The first-order chi connectivity index (χ1) is 5.77. The Balaban J connectivity index is 0.000000561. The lowest BCUT2D eigenvalue weighted by Crippen LogP contribution is -2.22. The van der Waals surface area contributed by atoms with Crippen molar-refractivity contribution in [3.63, 3.8) is 0 Å². The Hall–Kier alpha value is -0.0400. The van der Waals surface area contributed by atoms with E-state index in [1.54, 1.807) is 0 Å². The smallest absolute Gasteiger partial charge is 0.0655 e. The first kappa shape index (κ1) is 12.0. The third kappa shape index (κ3) is 4.10. The molecule has 0 aromatic carbocycles. The lowest BCUT2D eigenvalue weighted by atomic mass is 9.96. The van der Waals surface area contributed by atoms with E-state index >= 15 is 0 Å². The highest BCUT2D eigenvalue weighted by Crippen LogP contribution is 2.29. The minimum Gasteiger partial charge on any atom is -0.375 e. The molecule has 0 aromatic rings. The van der Waals surface area contributed by atoms with E-state index in [1.807, 2.05) is 13.8 Å². The highest BCUT2D eigenvalue weighted by Gasteiger charge is 2.28.